The minimum Gasteiger partial charge on any atom is -0.381 e. The van der Waals surface area contributed by atoms with Crippen LogP contribution in [0.4, 0.5) is 5.69 Å². The first-order chi connectivity index (χ1) is 8.15. The van der Waals surface area contributed by atoms with E-state index in [1.54, 1.807) is 6.07 Å². The predicted octanol–water partition coefficient (Wildman–Crippen LogP) is 3.94. The first kappa shape index (κ1) is 13.0. The van der Waals surface area contributed by atoms with E-state index in [4.69, 9.17) is 23.2 Å². The zero-order valence-electron chi connectivity index (χ0n) is 9.97. The van der Waals surface area contributed by atoms with Gasteiger partial charge in [-0.1, -0.05) is 23.2 Å². The van der Waals surface area contributed by atoms with Crippen molar-refractivity contribution in [2.45, 2.75) is 38.3 Å². The van der Waals surface area contributed by atoms with Gasteiger partial charge in [0.15, 0.2) is 0 Å². The molecule has 1 heterocycles. The van der Waals surface area contributed by atoms with E-state index in [2.05, 4.69) is 17.6 Å². The summed E-state index contributed by atoms with van der Waals surface area (Å²) in [6.45, 7) is 3.33. The SMILES string of the molecule is CC(CC1CCCN1)Nc1cc(Cl)ccc1Cl. The van der Waals surface area contributed by atoms with Crippen LogP contribution in [-0.4, -0.2) is 18.6 Å². The number of benzene rings is 1. The van der Waals surface area contributed by atoms with Gasteiger partial charge in [-0.15, -0.1) is 0 Å². The van der Waals surface area contributed by atoms with E-state index in [0.717, 1.165) is 23.7 Å². The molecule has 1 aromatic carbocycles. The fourth-order valence-corrected chi connectivity index (χ4v) is 2.66. The van der Waals surface area contributed by atoms with Crippen LogP contribution in [0.25, 0.3) is 0 Å². The maximum Gasteiger partial charge on any atom is 0.0638 e. The van der Waals surface area contributed by atoms with Gasteiger partial charge in [-0.2, -0.15) is 0 Å². The van der Waals surface area contributed by atoms with Gasteiger partial charge in [0.25, 0.3) is 0 Å². The van der Waals surface area contributed by atoms with Crippen molar-refractivity contribution in [2.24, 2.45) is 0 Å². The van der Waals surface area contributed by atoms with Crippen molar-refractivity contribution in [3.63, 3.8) is 0 Å². The van der Waals surface area contributed by atoms with Crippen molar-refractivity contribution in [1.29, 1.82) is 0 Å². The Morgan fingerprint density at radius 1 is 1.47 bits per heavy atom. The van der Waals surface area contributed by atoms with Gasteiger partial charge in [-0.05, 0) is 50.9 Å². The average Bonchev–Trinajstić information content (AvgIpc) is 2.76. The summed E-state index contributed by atoms with van der Waals surface area (Å²) in [6, 6.07) is 6.53. The number of nitrogens with one attached hydrogen (secondary N) is 2. The minimum atomic E-state index is 0.390. The highest BCUT2D eigenvalue weighted by Gasteiger charge is 2.17. The lowest BCUT2D eigenvalue weighted by Crippen LogP contribution is -2.29. The monoisotopic (exact) mass is 272 g/mol. The van der Waals surface area contributed by atoms with Gasteiger partial charge in [-0.3, -0.25) is 0 Å². The molecule has 2 atom stereocenters. The Kier molecular flexibility index (Phi) is 4.55. The second-order valence-electron chi connectivity index (χ2n) is 4.70. The van der Waals surface area contributed by atoms with Crippen LogP contribution >= 0.6 is 23.2 Å². The molecule has 0 aromatic heterocycles. The zero-order valence-corrected chi connectivity index (χ0v) is 11.5. The molecule has 1 aromatic rings. The molecule has 0 amide bonds. The van der Waals surface area contributed by atoms with Gasteiger partial charge < -0.3 is 10.6 Å². The molecule has 0 spiro atoms. The second-order valence-corrected chi connectivity index (χ2v) is 5.54. The molecule has 0 saturated carbocycles. The highest BCUT2D eigenvalue weighted by molar-refractivity contribution is 6.35. The first-order valence-electron chi connectivity index (χ1n) is 6.10. The van der Waals surface area contributed by atoms with Crippen LogP contribution in [0.2, 0.25) is 10.0 Å². The first-order valence-corrected chi connectivity index (χ1v) is 6.85. The standard InChI is InChI=1S/C13H18Cl2N2/c1-9(7-11-3-2-6-16-11)17-13-8-10(14)4-5-12(13)15/h4-5,8-9,11,16-17H,2-3,6-7H2,1H3. The molecule has 0 radical (unpaired) electrons. The zero-order chi connectivity index (χ0) is 12.3. The molecule has 2 unspecified atom stereocenters. The predicted molar refractivity (Wildman–Crippen MR) is 75.2 cm³/mol. The summed E-state index contributed by atoms with van der Waals surface area (Å²) >= 11 is 12.1. The highest BCUT2D eigenvalue weighted by atomic mass is 35.5. The maximum absolute atomic E-state index is 6.12. The Morgan fingerprint density at radius 3 is 3.00 bits per heavy atom. The van der Waals surface area contributed by atoms with Crippen molar-refractivity contribution in [2.75, 3.05) is 11.9 Å². The molecular formula is C13H18Cl2N2. The van der Waals surface area contributed by atoms with Crippen LogP contribution in [0.5, 0.6) is 0 Å². The van der Waals surface area contributed by atoms with Gasteiger partial charge >= 0.3 is 0 Å². The van der Waals surface area contributed by atoms with E-state index in [9.17, 15) is 0 Å². The van der Waals surface area contributed by atoms with Gasteiger partial charge in [-0.25, -0.2) is 0 Å². The molecule has 1 saturated heterocycles. The van der Waals surface area contributed by atoms with Crippen LogP contribution in [0, 0.1) is 0 Å². The topological polar surface area (TPSA) is 24.1 Å². The second kappa shape index (κ2) is 5.94. The van der Waals surface area contributed by atoms with Crippen molar-refractivity contribution >= 4 is 28.9 Å². The summed E-state index contributed by atoms with van der Waals surface area (Å²) in [5.41, 5.74) is 0.921. The summed E-state index contributed by atoms with van der Waals surface area (Å²) < 4.78 is 0. The third-order valence-corrected chi connectivity index (χ3v) is 3.70. The third-order valence-electron chi connectivity index (χ3n) is 3.13. The Morgan fingerprint density at radius 2 is 2.29 bits per heavy atom. The molecule has 1 aliphatic heterocycles. The highest BCUT2D eigenvalue weighted by Crippen LogP contribution is 2.26. The van der Waals surface area contributed by atoms with Crippen LogP contribution < -0.4 is 10.6 Å². The number of anilines is 1. The lowest BCUT2D eigenvalue weighted by Gasteiger charge is -2.20. The quantitative estimate of drug-likeness (QED) is 0.868. The average molecular weight is 273 g/mol. The number of hydrogen-bond acceptors (Lipinski definition) is 2. The molecule has 17 heavy (non-hydrogen) atoms. The van der Waals surface area contributed by atoms with Crippen molar-refractivity contribution in [1.82, 2.24) is 5.32 Å². The Hall–Kier alpha value is -0.440. The van der Waals surface area contributed by atoms with Gasteiger partial charge in [0.05, 0.1) is 10.7 Å². The number of rotatable bonds is 4. The molecule has 2 rings (SSSR count). The normalized spacial score (nSPS) is 21.5. The summed E-state index contributed by atoms with van der Waals surface area (Å²) in [5.74, 6) is 0. The molecule has 4 heteroatoms. The van der Waals surface area contributed by atoms with E-state index >= 15 is 0 Å². The molecule has 2 N–H and O–H groups in total. The fourth-order valence-electron chi connectivity index (χ4n) is 2.32. The molecule has 94 valence electrons. The lowest BCUT2D eigenvalue weighted by molar-refractivity contribution is 0.523. The van der Waals surface area contributed by atoms with Gasteiger partial charge in [0.1, 0.15) is 0 Å². The molecular weight excluding hydrogens is 255 g/mol. The van der Waals surface area contributed by atoms with Crippen LogP contribution in [-0.2, 0) is 0 Å². The molecule has 1 aliphatic rings. The Bertz CT molecular complexity index is 376. The maximum atomic E-state index is 6.12. The number of hydrogen-bond donors (Lipinski definition) is 2. The van der Waals surface area contributed by atoms with Crippen molar-refractivity contribution in [3.8, 4) is 0 Å². The molecule has 0 aliphatic carbocycles. The van der Waals surface area contributed by atoms with E-state index in [-0.39, 0.29) is 0 Å². The van der Waals surface area contributed by atoms with Crippen molar-refractivity contribution in [3.05, 3.63) is 28.2 Å². The van der Waals surface area contributed by atoms with Gasteiger partial charge in [0.2, 0.25) is 0 Å². The summed E-state index contributed by atoms with van der Waals surface area (Å²) in [6.07, 6.45) is 3.67. The minimum absolute atomic E-state index is 0.390. The van der Waals surface area contributed by atoms with E-state index in [1.807, 2.05) is 12.1 Å². The van der Waals surface area contributed by atoms with E-state index < -0.39 is 0 Å². The summed E-state index contributed by atoms with van der Waals surface area (Å²) in [4.78, 5) is 0. The summed E-state index contributed by atoms with van der Waals surface area (Å²) in [5, 5.41) is 8.36. The fraction of sp³-hybridized carbons (Fsp3) is 0.538. The molecule has 0 bridgehead atoms. The van der Waals surface area contributed by atoms with Crippen LogP contribution in [0.3, 0.4) is 0 Å². The lowest BCUT2D eigenvalue weighted by atomic mass is 10.1. The van der Waals surface area contributed by atoms with Crippen LogP contribution in [0.15, 0.2) is 18.2 Å². The largest absolute Gasteiger partial charge is 0.381 e. The van der Waals surface area contributed by atoms with E-state index in [1.165, 1.54) is 12.8 Å². The number of halogens is 2. The smallest absolute Gasteiger partial charge is 0.0638 e. The van der Waals surface area contributed by atoms with E-state index in [0.29, 0.717) is 17.1 Å². The van der Waals surface area contributed by atoms with Crippen LogP contribution in [0.1, 0.15) is 26.2 Å². The van der Waals surface area contributed by atoms with Gasteiger partial charge in [0, 0.05) is 17.1 Å². The molecule has 2 nitrogen and oxygen atoms in total. The summed E-state index contributed by atoms with van der Waals surface area (Å²) in [7, 11) is 0. The Labute approximate surface area is 113 Å². The molecule has 1 fully saturated rings. The van der Waals surface area contributed by atoms with Crippen molar-refractivity contribution < 1.29 is 0 Å². The Balaban J connectivity index is 1.92. The third kappa shape index (κ3) is 3.77.